The summed E-state index contributed by atoms with van der Waals surface area (Å²) in [7, 11) is 3.31. The maximum atomic E-state index is 12.5. The first-order chi connectivity index (χ1) is 24.4. The van der Waals surface area contributed by atoms with Gasteiger partial charge in [0.15, 0.2) is 6.29 Å². The van der Waals surface area contributed by atoms with Gasteiger partial charge in [-0.3, -0.25) is 14.5 Å². The standard InChI is InChI=1S/C38H45N7O5/c1-26(2)39-15-17-45(31-19-32(47-3)22-33(20-31)48-4)30-12-13-34-35(21-30)42-36(24-40-34)29-23-41-44(25-29)16-14-27-8-10-28(11-9-27)38(46)43-50-37-7-5-6-18-49-37/h8-13,19-26,37,39H,5-7,14-18H2,1-4H3,(H,43,46). The van der Waals surface area contributed by atoms with E-state index in [0.29, 0.717) is 24.8 Å². The smallest absolute Gasteiger partial charge is 0.274 e. The van der Waals surface area contributed by atoms with Crippen LogP contribution < -0.4 is 25.2 Å². The zero-order valence-electron chi connectivity index (χ0n) is 29.1. The molecule has 0 aliphatic carbocycles. The van der Waals surface area contributed by atoms with Gasteiger partial charge >= 0.3 is 0 Å². The van der Waals surface area contributed by atoms with Crippen LogP contribution in [-0.2, 0) is 22.5 Å². The van der Waals surface area contributed by atoms with E-state index < -0.39 is 0 Å². The van der Waals surface area contributed by atoms with E-state index in [1.54, 1.807) is 32.5 Å². The number of ether oxygens (including phenoxy) is 3. The summed E-state index contributed by atoms with van der Waals surface area (Å²) in [5, 5.41) is 8.11. The molecule has 262 valence electrons. The first-order valence-corrected chi connectivity index (χ1v) is 17.1. The van der Waals surface area contributed by atoms with E-state index in [-0.39, 0.29) is 12.2 Å². The molecule has 12 nitrogen and oxygen atoms in total. The minimum Gasteiger partial charge on any atom is -0.497 e. The second-order valence-corrected chi connectivity index (χ2v) is 12.5. The molecular formula is C38H45N7O5. The van der Waals surface area contributed by atoms with Gasteiger partial charge in [-0.25, -0.2) is 15.3 Å². The summed E-state index contributed by atoms with van der Waals surface area (Å²) in [5.74, 6) is 1.15. The van der Waals surface area contributed by atoms with Crippen molar-refractivity contribution in [1.82, 2.24) is 30.5 Å². The first-order valence-electron chi connectivity index (χ1n) is 17.1. The molecule has 12 heteroatoms. The molecule has 0 radical (unpaired) electrons. The van der Waals surface area contributed by atoms with E-state index in [2.05, 4.69) is 46.8 Å². The highest BCUT2D eigenvalue weighted by atomic mass is 16.8. The number of aromatic nitrogens is 4. The summed E-state index contributed by atoms with van der Waals surface area (Å²) in [6, 6.07) is 19.9. The van der Waals surface area contributed by atoms with Gasteiger partial charge in [0.1, 0.15) is 11.5 Å². The van der Waals surface area contributed by atoms with Crippen molar-refractivity contribution in [1.29, 1.82) is 0 Å². The van der Waals surface area contributed by atoms with E-state index in [1.807, 2.05) is 53.5 Å². The van der Waals surface area contributed by atoms with Crippen molar-refractivity contribution < 1.29 is 23.8 Å². The zero-order chi connectivity index (χ0) is 34.9. The van der Waals surface area contributed by atoms with Gasteiger partial charge in [0, 0.05) is 85.6 Å². The van der Waals surface area contributed by atoms with Gasteiger partial charge in [-0.1, -0.05) is 26.0 Å². The highest BCUT2D eigenvalue weighted by Gasteiger charge is 2.17. The molecule has 1 aliphatic heterocycles. The number of nitrogens with zero attached hydrogens (tertiary/aromatic N) is 5. The highest BCUT2D eigenvalue weighted by molar-refractivity contribution is 5.93. The van der Waals surface area contributed by atoms with Gasteiger partial charge in [0.05, 0.1) is 43.3 Å². The molecule has 0 saturated carbocycles. The lowest BCUT2D eigenvalue weighted by Crippen LogP contribution is -2.33. The predicted octanol–water partition coefficient (Wildman–Crippen LogP) is 6.08. The van der Waals surface area contributed by atoms with Gasteiger partial charge in [0.2, 0.25) is 0 Å². The minimum absolute atomic E-state index is 0.289. The van der Waals surface area contributed by atoms with Crippen LogP contribution in [0.15, 0.2) is 79.3 Å². The first kappa shape index (κ1) is 34.8. The minimum atomic E-state index is -0.383. The van der Waals surface area contributed by atoms with Crippen LogP contribution in [0.3, 0.4) is 0 Å². The number of amides is 1. The van der Waals surface area contributed by atoms with Crippen LogP contribution >= 0.6 is 0 Å². The molecule has 3 aromatic carbocycles. The van der Waals surface area contributed by atoms with Crippen LogP contribution in [0.1, 0.15) is 49.0 Å². The zero-order valence-corrected chi connectivity index (χ0v) is 29.1. The molecule has 1 aliphatic rings. The highest BCUT2D eigenvalue weighted by Crippen LogP contribution is 2.34. The van der Waals surface area contributed by atoms with Crippen LogP contribution in [0, 0.1) is 0 Å². The molecule has 1 unspecified atom stereocenters. The number of hydroxylamine groups is 1. The maximum Gasteiger partial charge on any atom is 0.274 e. The number of hydrogen-bond donors (Lipinski definition) is 2. The van der Waals surface area contributed by atoms with Crippen LogP contribution in [0.5, 0.6) is 11.5 Å². The summed E-state index contributed by atoms with van der Waals surface area (Å²) in [6.07, 6.45) is 8.78. The predicted molar refractivity (Wildman–Crippen MR) is 193 cm³/mol. The number of nitrogens with one attached hydrogen (secondary N) is 2. The molecule has 6 rings (SSSR count). The van der Waals surface area contributed by atoms with E-state index in [9.17, 15) is 4.79 Å². The Morgan fingerprint density at radius 2 is 1.78 bits per heavy atom. The average Bonchev–Trinajstić information content (AvgIpc) is 3.64. The summed E-state index contributed by atoms with van der Waals surface area (Å²) in [4.78, 5) is 29.8. The fraction of sp³-hybridized carbons (Fsp3) is 0.368. The Morgan fingerprint density at radius 1 is 0.980 bits per heavy atom. The Bertz CT molecular complexity index is 1850. The van der Waals surface area contributed by atoms with Crippen molar-refractivity contribution in [3.8, 4) is 22.8 Å². The third-order valence-electron chi connectivity index (χ3n) is 8.57. The van der Waals surface area contributed by atoms with Gasteiger partial charge in [-0.05, 0) is 55.2 Å². The molecule has 50 heavy (non-hydrogen) atoms. The van der Waals surface area contributed by atoms with Crippen molar-refractivity contribution in [3.05, 3.63) is 90.4 Å². The fourth-order valence-electron chi connectivity index (χ4n) is 5.79. The van der Waals surface area contributed by atoms with Gasteiger partial charge in [-0.15, -0.1) is 0 Å². The third kappa shape index (κ3) is 8.94. The summed E-state index contributed by atoms with van der Waals surface area (Å²) in [5.41, 5.74) is 9.28. The lowest BCUT2D eigenvalue weighted by molar-refractivity contribution is -0.186. The van der Waals surface area contributed by atoms with E-state index >= 15 is 0 Å². The Balaban J connectivity index is 1.13. The molecule has 1 atom stereocenters. The normalized spacial score (nSPS) is 14.5. The molecule has 5 aromatic rings. The Hall–Kier alpha value is -5.04. The third-order valence-corrected chi connectivity index (χ3v) is 8.57. The van der Waals surface area contributed by atoms with Crippen molar-refractivity contribution >= 4 is 28.3 Å². The number of aryl methyl sites for hydroxylation is 2. The van der Waals surface area contributed by atoms with Crippen LogP contribution in [-0.4, -0.2) is 71.9 Å². The van der Waals surface area contributed by atoms with Crippen molar-refractivity contribution in [2.75, 3.05) is 38.8 Å². The second kappa shape index (κ2) is 16.6. The van der Waals surface area contributed by atoms with E-state index in [0.717, 1.165) is 89.5 Å². The topological polar surface area (TPSA) is 125 Å². The second-order valence-electron chi connectivity index (χ2n) is 12.5. The van der Waals surface area contributed by atoms with Crippen molar-refractivity contribution in [3.63, 3.8) is 0 Å². The average molecular weight is 680 g/mol. The Kier molecular flexibility index (Phi) is 11.5. The van der Waals surface area contributed by atoms with E-state index in [4.69, 9.17) is 29.0 Å². The number of benzene rings is 3. The summed E-state index contributed by atoms with van der Waals surface area (Å²) in [6.45, 7) is 7.10. The van der Waals surface area contributed by atoms with Gasteiger partial charge in [0.25, 0.3) is 5.91 Å². The van der Waals surface area contributed by atoms with Gasteiger partial charge < -0.3 is 24.4 Å². The Labute approximate surface area is 292 Å². The number of anilines is 2. The number of carbonyl (C=O) groups is 1. The molecular weight excluding hydrogens is 634 g/mol. The van der Waals surface area contributed by atoms with Crippen LogP contribution in [0.2, 0.25) is 0 Å². The fourth-order valence-corrected chi connectivity index (χ4v) is 5.79. The van der Waals surface area contributed by atoms with Crippen LogP contribution in [0.25, 0.3) is 22.3 Å². The van der Waals surface area contributed by atoms with Crippen molar-refractivity contribution in [2.45, 2.75) is 58.4 Å². The van der Waals surface area contributed by atoms with E-state index in [1.165, 1.54) is 0 Å². The Morgan fingerprint density at radius 3 is 2.50 bits per heavy atom. The quantitative estimate of drug-likeness (QED) is 0.126. The molecule has 2 aromatic heterocycles. The molecule has 1 saturated heterocycles. The lowest BCUT2D eigenvalue weighted by Gasteiger charge is -2.27. The number of methoxy groups -OCH3 is 2. The molecule has 0 spiro atoms. The largest absolute Gasteiger partial charge is 0.497 e. The molecule has 0 bridgehead atoms. The van der Waals surface area contributed by atoms with Crippen molar-refractivity contribution in [2.24, 2.45) is 0 Å². The molecule has 1 amide bonds. The number of carbonyl (C=O) groups excluding carboxylic acids is 1. The lowest BCUT2D eigenvalue weighted by atomic mass is 10.1. The molecule has 3 heterocycles. The number of hydrogen-bond acceptors (Lipinski definition) is 10. The SMILES string of the molecule is COc1cc(OC)cc(N(CCNC(C)C)c2ccc3ncc(-c4cnn(CCc5ccc(C(=O)NOC6CCCCO6)cc5)c4)nc3c2)c1. The number of rotatable bonds is 15. The maximum absolute atomic E-state index is 12.5. The summed E-state index contributed by atoms with van der Waals surface area (Å²) >= 11 is 0. The number of fused-ring (bicyclic) bond motifs is 1. The monoisotopic (exact) mass is 679 g/mol. The van der Waals surface area contributed by atoms with Gasteiger partial charge in [-0.2, -0.15) is 5.10 Å². The molecule has 2 N–H and O–H groups in total. The summed E-state index contributed by atoms with van der Waals surface area (Å²) < 4.78 is 18.5. The van der Waals surface area contributed by atoms with Crippen LogP contribution in [0.4, 0.5) is 11.4 Å². The molecule has 1 fully saturated rings.